The van der Waals surface area contributed by atoms with Crippen LogP contribution in [0.2, 0.25) is 5.02 Å². The van der Waals surface area contributed by atoms with Gasteiger partial charge in [-0.3, -0.25) is 4.79 Å². The van der Waals surface area contributed by atoms with Crippen molar-refractivity contribution in [1.82, 2.24) is 10.6 Å². The van der Waals surface area contributed by atoms with Crippen LogP contribution in [-0.2, 0) is 4.79 Å². The van der Waals surface area contributed by atoms with Crippen LogP contribution in [0.1, 0.15) is 25.7 Å². The first-order valence-electron chi connectivity index (χ1n) is 8.21. The van der Waals surface area contributed by atoms with E-state index in [1.165, 1.54) is 6.42 Å². The molecule has 0 spiro atoms. The largest absolute Gasteiger partial charge is 0.369 e. The van der Waals surface area contributed by atoms with Crippen LogP contribution in [0.25, 0.3) is 0 Å². The monoisotopic (exact) mass is 393 g/mol. The van der Waals surface area contributed by atoms with Gasteiger partial charge in [0.2, 0.25) is 5.91 Å². The Morgan fingerprint density at radius 2 is 2.17 bits per heavy atom. The molecule has 2 aliphatic heterocycles. The van der Waals surface area contributed by atoms with Crippen molar-refractivity contribution in [3.8, 4) is 0 Å². The minimum absolute atomic E-state index is 0. The summed E-state index contributed by atoms with van der Waals surface area (Å²) in [7, 11) is 0. The van der Waals surface area contributed by atoms with Gasteiger partial charge >= 0.3 is 0 Å². The number of benzene rings is 1. The molecular weight excluding hydrogens is 369 g/mol. The van der Waals surface area contributed by atoms with Crippen LogP contribution < -0.4 is 15.5 Å². The van der Waals surface area contributed by atoms with Crippen molar-refractivity contribution < 1.29 is 4.79 Å². The molecule has 0 saturated carbocycles. The van der Waals surface area contributed by atoms with Crippen LogP contribution in [0.3, 0.4) is 0 Å². The predicted octanol–water partition coefficient (Wildman–Crippen LogP) is 3.27. The van der Waals surface area contributed by atoms with Crippen LogP contribution in [-0.4, -0.2) is 38.1 Å². The van der Waals surface area contributed by atoms with E-state index in [0.717, 1.165) is 49.7 Å². The van der Waals surface area contributed by atoms with Crippen LogP contribution in [0.15, 0.2) is 24.3 Å². The number of nitrogens with one attached hydrogen (secondary N) is 2. The summed E-state index contributed by atoms with van der Waals surface area (Å²) in [5.74, 6) is 0.877. The Morgan fingerprint density at radius 3 is 2.88 bits per heavy atom. The fraction of sp³-hybridized carbons (Fsp3) is 0.588. The van der Waals surface area contributed by atoms with Gasteiger partial charge in [-0.1, -0.05) is 17.7 Å². The maximum absolute atomic E-state index is 12.1. The SMILES string of the molecule is Cl.Cl.O=C(CCC1CCNC1)NC1CCN(c2cccc(Cl)c2)C1. The molecule has 136 valence electrons. The zero-order valence-corrected chi connectivity index (χ0v) is 16.1. The van der Waals surface area contributed by atoms with E-state index >= 15 is 0 Å². The Kier molecular flexibility index (Phi) is 9.21. The van der Waals surface area contributed by atoms with Crippen molar-refractivity contribution in [3.63, 3.8) is 0 Å². The van der Waals surface area contributed by atoms with Crippen molar-refractivity contribution in [2.24, 2.45) is 5.92 Å². The average Bonchev–Trinajstić information content (AvgIpc) is 3.16. The quantitative estimate of drug-likeness (QED) is 0.805. The maximum Gasteiger partial charge on any atom is 0.220 e. The third kappa shape index (κ3) is 5.99. The molecule has 2 saturated heterocycles. The second kappa shape index (κ2) is 10.3. The summed E-state index contributed by atoms with van der Waals surface area (Å²) >= 11 is 6.05. The third-order valence-corrected chi connectivity index (χ3v) is 4.90. The van der Waals surface area contributed by atoms with Gasteiger partial charge in [-0.15, -0.1) is 24.8 Å². The van der Waals surface area contributed by atoms with Gasteiger partial charge in [0, 0.05) is 36.3 Å². The topological polar surface area (TPSA) is 44.4 Å². The van der Waals surface area contributed by atoms with Crippen LogP contribution >= 0.6 is 36.4 Å². The number of rotatable bonds is 5. The van der Waals surface area contributed by atoms with Gasteiger partial charge in [0.05, 0.1) is 0 Å². The Morgan fingerprint density at radius 1 is 1.33 bits per heavy atom. The highest BCUT2D eigenvalue weighted by atomic mass is 35.5. The number of carbonyl (C=O) groups excluding carboxylic acids is 1. The Balaban J connectivity index is 0.00000144. The maximum atomic E-state index is 12.1. The van der Waals surface area contributed by atoms with E-state index in [0.29, 0.717) is 12.3 Å². The predicted molar refractivity (Wildman–Crippen MR) is 105 cm³/mol. The lowest BCUT2D eigenvalue weighted by Crippen LogP contribution is -2.37. The molecule has 1 aromatic rings. The molecule has 3 rings (SSSR count). The molecule has 2 unspecified atom stereocenters. The summed E-state index contributed by atoms with van der Waals surface area (Å²) in [6.45, 7) is 4.01. The zero-order valence-electron chi connectivity index (χ0n) is 13.7. The minimum atomic E-state index is 0. The van der Waals surface area contributed by atoms with E-state index in [4.69, 9.17) is 11.6 Å². The van der Waals surface area contributed by atoms with Crippen LogP contribution in [0.4, 0.5) is 5.69 Å². The van der Waals surface area contributed by atoms with E-state index in [1.54, 1.807) is 0 Å². The highest BCUT2D eigenvalue weighted by molar-refractivity contribution is 6.30. The molecule has 1 aromatic carbocycles. The fourth-order valence-electron chi connectivity index (χ4n) is 3.38. The van der Waals surface area contributed by atoms with Crippen molar-refractivity contribution in [1.29, 1.82) is 0 Å². The number of carbonyl (C=O) groups is 1. The summed E-state index contributed by atoms with van der Waals surface area (Å²) < 4.78 is 0. The van der Waals surface area contributed by atoms with E-state index in [2.05, 4.69) is 21.6 Å². The number of hydrogen-bond acceptors (Lipinski definition) is 3. The molecule has 1 amide bonds. The molecular formula is C17H26Cl3N3O. The molecule has 0 aromatic heterocycles. The number of anilines is 1. The molecule has 0 radical (unpaired) electrons. The summed E-state index contributed by atoms with van der Waals surface area (Å²) in [5, 5.41) is 7.29. The zero-order chi connectivity index (χ0) is 15.4. The van der Waals surface area contributed by atoms with E-state index in [-0.39, 0.29) is 36.8 Å². The summed E-state index contributed by atoms with van der Waals surface area (Å²) in [5.41, 5.74) is 1.14. The smallest absolute Gasteiger partial charge is 0.220 e. The number of amides is 1. The molecule has 7 heteroatoms. The van der Waals surface area contributed by atoms with E-state index in [1.807, 2.05) is 18.2 Å². The van der Waals surface area contributed by atoms with Crippen molar-refractivity contribution in [2.75, 3.05) is 31.1 Å². The first-order valence-corrected chi connectivity index (χ1v) is 8.59. The van der Waals surface area contributed by atoms with Gasteiger partial charge in [0.1, 0.15) is 0 Å². The van der Waals surface area contributed by atoms with E-state index < -0.39 is 0 Å². The lowest BCUT2D eigenvalue weighted by atomic mass is 10.0. The molecule has 2 N–H and O–H groups in total. The van der Waals surface area contributed by atoms with Gasteiger partial charge in [0.15, 0.2) is 0 Å². The van der Waals surface area contributed by atoms with Gasteiger partial charge < -0.3 is 15.5 Å². The molecule has 2 fully saturated rings. The average molecular weight is 395 g/mol. The molecule has 0 aliphatic carbocycles. The number of nitrogens with zero attached hydrogens (tertiary/aromatic N) is 1. The lowest BCUT2D eigenvalue weighted by molar-refractivity contribution is -0.121. The Hall–Kier alpha value is -0.680. The standard InChI is InChI=1S/C17H24ClN3O.2ClH/c18-14-2-1-3-16(10-14)21-9-7-15(12-21)20-17(22)5-4-13-6-8-19-11-13;;/h1-3,10,13,15,19H,4-9,11-12H2,(H,20,22);2*1H. The first kappa shape index (κ1) is 21.4. The first-order chi connectivity index (χ1) is 10.7. The van der Waals surface area contributed by atoms with Gasteiger partial charge in [-0.05, 0) is 56.5 Å². The van der Waals surface area contributed by atoms with Crippen molar-refractivity contribution in [3.05, 3.63) is 29.3 Å². The molecule has 24 heavy (non-hydrogen) atoms. The normalized spacial score (nSPS) is 22.6. The van der Waals surface area contributed by atoms with Gasteiger partial charge in [-0.2, -0.15) is 0 Å². The highest BCUT2D eigenvalue weighted by Gasteiger charge is 2.24. The summed E-state index contributed by atoms with van der Waals surface area (Å²) in [4.78, 5) is 14.4. The second-order valence-corrected chi connectivity index (χ2v) is 6.81. The summed E-state index contributed by atoms with van der Waals surface area (Å²) in [6, 6.07) is 8.17. The Labute approximate surface area is 161 Å². The number of halogens is 3. The molecule has 2 aliphatic rings. The second-order valence-electron chi connectivity index (χ2n) is 6.38. The fourth-order valence-corrected chi connectivity index (χ4v) is 3.57. The third-order valence-electron chi connectivity index (χ3n) is 4.67. The minimum Gasteiger partial charge on any atom is -0.369 e. The van der Waals surface area contributed by atoms with Gasteiger partial charge in [0.25, 0.3) is 0 Å². The van der Waals surface area contributed by atoms with E-state index in [9.17, 15) is 4.79 Å². The molecule has 2 atom stereocenters. The van der Waals surface area contributed by atoms with Crippen LogP contribution in [0.5, 0.6) is 0 Å². The van der Waals surface area contributed by atoms with Crippen molar-refractivity contribution in [2.45, 2.75) is 31.7 Å². The molecule has 2 heterocycles. The van der Waals surface area contributed by atoms with Crippen LogP contribution in [0, 0.1) is 5.92 Å². The van der Waals surface area contributed by atoms with Crippen molar-refractivity contribution >= 4 is 48.0 Å². The summed E-state index contributed by atoms with van der Waals surface area (Å²) in [6.07, 6.45) is 3.87. The Bertz CT molecular complexity index is 524. The molecule has 0 bridgehead atoms. The lowest BCUT2D eigenvalue weighted by Gasteiger charge is -2.19. The van der Waals surface area contributed by atoms with Gasteiger partial charge in [-0.25, -0.2) is 0 Å². The molecule has 4 nitrogen and oxygen atoms in total. The number of hydrogen-bond donors (Lipinski definition) is 2. The highest BCUT2D eigenvalue weighted by Crippen LogP contribution is 2.23.